The number of aromatic nitrogens is 2. The Morgan fingerprint density at radius 2 is 2.13 bits per heavy atom. The summed E-state index contributed by atoms with van der Waals surface area (Å²) in [6.07, 6.45) is 2.71. The van der Waals surface area contributed by atoms with Gasteiger partial charge in [-0.1, -0.05) is 0 Å². The molecule has 5 heteroatoms. The van der Waals surface area contributed by atoms with Gasteiger partial charge in [-0.05, 0) is 26.7 Å². The molecule has 0 spiro atoms. The van der Waals surface area contributed by atoms with Crippen LogP contribution in [0, 0.1) is 0 Å². The van der Waals surface area contributed by atoms with Gasteiger partial charge in [0.25, 0.3) is 0 Å². The third-order valence-corrected chi connectivity index (χ3v) is 2.17. The first-order valence-electron chi connectivity index (χ1n) is 5.40. The molecule has 0 aromatic carbocycles. The van der Waals surface area contributed by atoms with Crippen LogP contribution in [0.2, 0.25) is 0 Å². The van der Waals surface area contributed by atoms with Gasteiger partial charge >= 0.3 is 0 Å². The Labute approximate surface area is 89.2 Å². The summed E-state index contributed by atoms with van der Waals surface area (Å²) in [7, 11) is 0. The molecule has 1 aromatic rings. The predicted octanol–water partition coefficient (Wildman–Crippen LogP) is 1.25. The van der Waals surface area contributed by atoms with E-state index in [0.29, 0.717) is 31.0 Å². The van der Waals surface area contributed by atoms with E-state index in [1.807, 2.05) is 13.8 Å². The third-order valence-electron chi connectivity index (χ3n) is 2.17. The molecular formula is C10H17N3O2. The minimum atomic E-state index is 0.185. The summed E-state index contributed by atoms with van der Waals surface area (Å²) in [5.41, 5.74) is 0. The molecule has 84 valence electrons. The van der Waals surface area contributed by atoms with Gasteiger partial charge in [-0.3, -0.25) is 0 Å². The highest BCUT2D eigenvalue weighted by Gasteiger charge is 2.21. The molecule has 1 aliphatic rings. The molecule has 15 heavy (non-hydrogen) atoms. The Hall–Kier alpha value is -0.940. The topological polar surface area (TPSA) is 60.2 Å². The highest BCUT2D eigenvalue weighted by Crippen LogP contribution is 2.19. The standard InChI is InChI=1S/C10H17N3O2/c1-7(2)14-6-10-13-12-9(15-10)5-11-8-3-4-8/h7-8,11H,3-6H2,1-2H3. The highest BCUT2D eigenvalue weighted by atomic mass is 16.5. The molecule has 0 aliphatic heterocycles. The molecule has 0 saturated heterocycles. The van der Waals surface area contributed by atoms with E-state index >= 15 is 0 Å². The van der Waals surface area contributed by atoms with Crippen LogP contribution in [0.5, 0.6) is 0 Å². The summed E-state index contributed by atoms with van der Waals surface area (Å²) in [6, 6.07) is 0.660. The maximum atomic E-state index is 5.40. The van der Waals surface area contributed by atoms with Crippen molar-refractivity contribution in [1.82, 2.24) is 15.5 Å². The quantitative estimate of drug-likeness (QED) is 0.767. The second-order valence-electron chi connectivity index (χ2n) is 4.10. The molecule has 5 nitrogen and oxygen atoms in total. The van der Waals surface area contributed by atoms with Crippen molar-refractivity contribution in [3.8, 4) is 0 Å². The van der Waals surface area contributed by atoms with Gasteiger partial charge in [0, 0.05) is 6.04 Å². The van der Waals surface area contributed by atoms with E-state index in [1.165, 1.54) is 12.8 Å². The van der Waals surface area contributed by atoms with Gasteiger partial charge in [-0.15, -0.1) is 10.2 Å². The van der Waals surface area contributed by atoms with Crippen molar-refractivity contribution < 1.29 is 9.15 Å². The largest absolute Gasteiger partial charge is 0.421 e. The van der Waals surface area contributed by atoms with Crippen LogP contribution in [-0.4, -0.2) is 22.3 Å². The van der Waals surface area contributed by atoms with E-state index in [0.717, 1.165) is 0 Å². The first-order chi connectivity index (χ1) is 7.24. The van der Waals surface area contributed by atoms with E-state index in [4.69, 9.17) is 9.15 Å². The van der Waals surface area contributed by atoms with Crippen molar-refractivity contribution in [3.05, 3.63) is 11.8 Å². The Morgan fingerprint density at radius 1 is 1.40 bits per heavy atom. The Kier molecular flexibility index (Phi) is 3.33. The van der Waals surface area contributed by atoms with Crippen LogP contribution in [0.1, 0.15) is 38.5 Å². The monoisotopic (exact) mass is 211 g/mol. The summed E-state index contributed by atoms with van der Waals surface area (Å²) in [4.78, 5) is 0. The number of ether oxygens (including phenoxy) is 1. The lowest BCUT2D eigenvalue weighted by molar-refractivity contribution is 0.0510. The molecule has 1 fully saturated rings. The van der Waals surface area contributed by atoms with Gasteiger partial charge in [0.2, 0.25) is 11.8 Å². The molecule has 0 radical (unpaired) electrons. The zero-order valence-electron chi connectivity index (χ0n) is 9.19. The molecule has 0 bridgehead atoms. The molecule has 2 rings (SSSR count). The minimum absolute atomic E-state index is 0.185. The summed E-state index contributed by atoms with van der Waals surface area (Å²) in [6.45, 7) is 5.02. The Morgan fingerprint density at radius 3 is 2.80 bits per heavy atom. The van der Waals surface area contributed by atoms with Crippen molar-refractivity contribution >= 4 is 0 Å². The van der Waals surface area contributed by atoms with Crippen LogP contribution >= 0.6 is 0 Å². The fourth-order valence-corrected chi connectivity index (χ4v) is 1.18. The molecular weight excluding hydrogens is 194 g/mol. The van der Waals surface area contributed by atoms with Crippen LogP contribution in [0.3, 0.4) is 0 Å². The first kappa shape index (κ1) is 10.6. The molecule has 1 saturated carbocycles. The zero-order valence-corrected chi connectivity index (χ0v) is 9.19. The van der Waals surface area contributed by atoms with Gasteiger partial charge in [-0.25, -0.2) is 0 Å². The van der Waals surface area contributed by atoms with Crippen LogP contribution in [-0.2, 0) is 17.9 Å². The fraction of sp³-hybridized carbons (Fsp3) is 0.800. The van der Waals surface area contributed by atoms with Crippen molar-refractivity contribution in [3.63, 3.8) is 0 Å². The summed E-state index contributed by atoms with van der Waals surface area (Å²) >= 11 is 0. The van der Waals surface area contributed by atoms with Gasteiger partial charge in [-0.2, -0.15) is 0 Å². The number of hydrogen-bond acceptors (Lipinski definition) is 5. The SMILES string of the molecule is CC(C)OCc1nnc(CNC2CC2)o1. The number of nitrogens with one attached hydrogen (secondary N) is 1. The normalized spacial score (nSPS) is 16.2. The molecule has 1 heterocycles. The maximum Gasteiger partial charge on any atom is 0.242 e. The summed E-state index contributed by atoms with van der Waals surface area (Å²) in [5, 5.41) is 11.2. The lowest BCUT2D eigenvalue weighted by Gasteiger charge is -2.02. The third kappa shape index (κ3) is 3.60. The van der Waals surface area contributed by atoms with Crippen LogP contribution in [0.15, 0.2) is 4.42 Å². The molecule has 1 N–H and O–H groups in total. The van der Waals surface area contributed by atoms with Crippen LogP contribution < -0.4 is 5.32 Å². The minimum Gasteiger partial charge on any atom is -0.421 e. The summed E-state index contributed by atoms with van der Waals surface area (Å²) in [5.74, 6) is 1.19. The van der Waals surface area contributed by atoms with Crippen LogP contribution in [0.4, 0.5) is 0 Å². The van der Waals surface area contributed by atoms with E-state index in [1.54, 1.807) is 0 Å². The first-order valence-corrected chi connectivity index (χ1v) is 5.40. The molecule has 0 amide bonds. The average Bonchev–Trinajstić information content (AvgIpc) is 2.92. The Balaban J connectivity index is 1.75. The molecule has 0 atom stereocenters. The molecule has 1 aromatic heterocycles. The van der Waals surface area contributed by atoms with Crippen molar-refractivity contribution in [2.24, 2.45) is 0 Å². The van der Waals surface area contributed by atoms with E-state index in [9.17, 15) is 0 Å². The van der Waals surface area contributed by atoms with Crippen molar-refractivity contribution in [1.29, 1.82) is 0 Å². The van der Waals surface area contributed by atoms with Gasteiger partial charge in [0.05, 0.1) is 12.6 Å². The second kappa shape index (κ2) is 4.72. The van der Waals surface area contributed by atoms with E-state index in [2.05, 4.69) is 15.5 Å². The maximum absolute atomic E-state index is 5.40. The Bertz CT molecular complexity index is 287. The lowest BCUT2D eigenvalue weighted by Crippen LogP contribution is -2.15. The van der Waals surface area contributed by atoms with Crippen molar-refractivity contribution in [2.75, 3.05) is 0 Å². The van der Waals surface area contributed by atoms with Crippen molar-refractivity contribution in [2.45, 2.75) is 52.0 Å². The molecule has 0 unspecified atom stereocenters. The van der Waals surface area contributed by atoms with Gasteiger partial charge in [0.15, 0.2) is 0 Å². The molecule has 1 aliphatic carbocycles. The predicted molar refractivity (Wildman–Crippen MR) is 54.1 cm³/mol. The van der Waals surface area contributed by atoms with Gasteiger partial charge < -0.3 is 14.5 Å². The van der Waals surface area contributed by atoms with Gasteiger partial charge in [0.1, 0.15) is 6.61 Å². The fourth-order valence-electron chi connectivity index (χ4n) is 1.18. The summed E-state index contributed by atoms with van der Waals surface area (Å²) < 4.78 is 10.8. The average molecular weight is 211 g/mol. The number of nitrogens with zero attached hydrogens (tertiary/aromatic N) is 2. The van der Waals surface area contributed by atoms with Crippen LogP contribution in [0.25, 0.3) is 0 Å². The smallest absolute Gasteiger partial charge is 0.242 e. The van der Waals surface area contributed by atoms with E-state index in [-0.39, 0.29) is 6.10 Å². The number of rotatable bonds is 6. The zero-order chi connectivity index (χ0) is 10.7. The second-order valence-corrected chi connectivity index (χ2v) is 4.10. The van der Waals surface area contributed by atoms with E-state index < -0.39 is 0 Å². The highest BCUT2D eigenvalue weighted by molar-refractivity contribution is 4.85. The number of hydrogen-bond donors (Lipinski definition) is 1. The lowest BCUT2D eigenvalue weighted by atomic mass is 10.5.